The minimum Gasteiger partial charge on any atom is -0.480 e. The Morgan fingerprint density at radius 1 is 1.23 bits per heavy atom. The second kappa shape index (κ2) is 7.02. The number of nitrogens with zero attached hydrogens (tertiary/aromatic N) is 1. The number of carbonyl (C=O) groups excluding carboxylic acids is 1. The Hall–Kier alpha value is -2.44. The third kappa shape index (κ3) is 4.03. The first-order valence-corrected chi connectivity index (χ1v) is 6.97. The van der Waals surface area contributed by atoms with Gasteiger partial charge in [0.2, 0.25) is 0 Å². The summed E-state index contributed by atoms with van der Waals surface area (Å²) in [6, 6.07) is 3.14. The van der Waals surface area contributed by atoms with Gasteiger partial charge in [-0.2, -0.15) is 0 Å². The highest BCUT2D eigenvalue weighted by atomic mass is 16.6. The standard InChI is InChI=1S/C15H20N2O5/c1-8(2)11-6-5-10(7-12(11)17(21)22)14(18)16-13(9(3)4)15(19)20/h5-9,13H,1-4H3,(H,16,18)(H,19,20)/t13-/m1/s1. The molecule has 0 saturated heterocycles. The Morgan fingerprint density at radius 2 is 1.82 bits per heavy atom. The Balaban J connectivity index is 3.11. The van der Waals surface area contributed by atoms with Gasteiger partial charge in [-0.3, -0.25) is 14.9 Å². The third-order valence-corrected chi connectivity index (χ3v) is 3.33. The monoisotopic (exact) mass is 308 g/mol. The number of amides is 1. The van der Waals surface area contributed by atoms with E-state index in [9.17, 15) is 19.7 Å². The van der Waals surface area contributed by atoms with Crippen molar-refractivity contribution in [2.45, 2.75) is 39.7 Å². The zero-order valence-corrected chi connectivity index (χ0v) is 13.0. The van der Waals surface area contributed by atoms with Crippen molar-refractivity contribution in [3.8, 4) is 0 Å². The molecule has 0 aromatic heterocycles. The smallest absolute Gasteiger partial charge is 0.326 e. The van der Waals surface area contributed by atoms with Gasteiger partial charge in [0, 0.05) is 17.2 Å². The van der Waals surface area contributed by atoms with Gasteiger partial charge >= 0.3 is 5.97 Å². The van der Waals surface area contributed by atoms with Crippen LogP contribution in [-0.2, 0) is 4.79 Å². The van der Waals surface area contributed by atoms with Gasteiger partial charge in [0.1, 0.15) is 6.04 Å². The quantitative estimate of drug-likeness (QED) is 0.620. The number of carboxylic acids is 1. The lowest BCUT2D eigenvalue weighted by molar-refractivity contribution is -0.385. The Morgan fingerprint density at radius 3 is 2.23 bits per heavy atom. The van der Waals surface area contributed by atoms with Gasteiger partial charge in [0.15, 0.2) is 0 Å². The van der Waals surface area contributed by atoms with E-state index < -0.39 is 22.8 Å². The normalized spacial score (nSPS) is 12.3. The first kappa shape index (κ1) is 17.6. The van der Waals surface area contributed by atoms with Crippen LogP contribution in [0.25, 0.3) is 0 Å². The molecule has 1 amide bonds. The lowest BCUT2D eigenvalue weighted by Crippen LogP contribution is -2.44. The molecule has 120 valence electrons. The molecule has 7 nitrogen and oxygen atoms in total. The van der Waals surface area contributed by atoms with Gasteiger partial charge < -0.3 is 10.4 Å². The fourth-order valence-electron chi connectivity index (χ4n) is 2.07. The van der Waals surface area contributed by atoms with Crippen molar-refractivity contribution < 1.29 is 19.6 Å². The molecule has 0 spiro atoms. The van der Waals surface area contributed by atoms with Crippen molar-refractivity contribution in [1.29, 1.82) is 0 Å². The van der Waals surface area contributed by atoms with Crippen molar-refractivity contribution in [1.82, 2.24) is 5.32 Å². The molecule has 0 heterocycles. The van der Waals surface area contributed by atoms with E-state index >= 15 is 0 Å². The average molecular weight is 308 g/mol. The molecule has 1 aromatic carbocycles. The number of hydrogen-bond acceptors (Lipinski definition) is 4. The third-order valence-electron chi connectivity index (χ3n) is 3.33. The molecule has 0 aliphatic rings. The number of nitro groups is 1. The molecule has 0 aliphatic carbocycles. The van der Waals surface area contributed by atoms with Crippen molar-refractivity contribution in [2.24, 2.45) is 5.92 Å². The Bertz CT molecular complexity index is 596. The van der Waals surface area contributed by atoms with Crippen LogP contribution in [-0.4, -0.2) is 27.9 Å². The molecule has 1 atom stereocenters. The summed E-state index contributed by atoms with van der Waals surface area (Å²) in [5.74, 6) is -2.14. The molecule has 0 unspecified atom stereocenters. The van der Waals surface area contributed by atoms with E-state index in [0.29, 0.717) is 5.56 Å². The van der Waals surface area contributed by atoms with Gasteiger partial charge in [0.25, 0.3) is 11.6 Å². The minimum absolute atomic E-state index is 0.0556. The van der Waals surface area contributed by atoms with E-state index in [0.717, 1.165) is 0 Å². The van der Waals surface area contributed by atoms with Gasteiger partial charge in [0.05, 0.1) is 4.92 Å². The Labute approximate surface area is 128 Å². The molecule has 7 heteroatoms. The number of carboxylic acid groups (broad SMARTS) is 1. The number of nitro benzene ring substituents is 1. The molecule has 0 radical (unpaired) electrons. The first-order chi connectivity index (χ1) is 10.1. The zero-order valence-electron chi connectivity index (χ0n) is 13.0. The lowest BCUT2D eigenvalue weighted by atomic mass is 9.98. The van der Waals surface area contributed by atoms with Crippen LogP contribution in [0.4, 0.5) is 5.69 Å². The van der Waals surface area contributed by atoms with Crippen molar-refractivity contribution in [2.75, 3.05) is 0 Å². The second-order valence-corrected chi connectivity index (χ2v) is 5.72. The number of benzene rings is 1. The van der Waals surface area contributed by atoms with Crippen LogP contribution >= 0.6 is 0 Å². The van der Waals surface area contributed by atoms with E-state index in [4.69, 9.17) is 5.11 Å². The molecule has 0 bridgehead atoms. The van der Waals surface area contributed by atoms with Crippen molar-refractivity contribution in [3.05, 3.63) is 39.4 Å². The Kier molecular flexibility index (Phi) is 5.62. The fourth-order valence-corrected chi connectivity index (χ4v) is 2.07. The molecular weight excluding hydrogens is 288 g/mol. The molecule has 0 saturated carbocycles. The van der Waals surface area contributed by atoms with Gasteiger partial charge in [-0.1, -0.05) is 33.8 Å². The van der Waals surface area contributed by atoms with Crippen LogP contribution in [0.15, 0.2) is 18.2 Å². The second-order valence-electron chi connectivity index (χ2n) is 5.72. The molecule has 2 N–H and O–H groups in total. The summed E-state index contributed by atoms with van der Waals surface area (Å²) in [5, 5.41) is 22.6. The molecule has 1 aromatic rings. The number of hydrogen-bond donors (Lipinski definition) is 2. The van der Waals surface area contributed by atoms with Crippen LogP contribution in [0.2, 0.25) is 0 Å². The lowest BCUT2D eigenvalue weighted by Gasteiger charge is -2.18. The molecule has 0 fully saturated rings. The summed E-state index contributed by atoms with van der Waals surface area (Å²) in [5.41, 5.74) is 0.460. The number of rotatable bonds is 6. The molecule has 0 aliphatic heterocycles. The van der Waals surface area contributed by atoms with E-state index in [1.165, 1.54) is 18.2 Å². The van der Waals surface area contributed by atoms with Crippen LogP contribution in [0.5, 0.6) is 0 Å². The highest BCUT2D eigenvalue weighted by Gasteiger charge is 2.25. The minimum atomic E-state index is -1.14. The maximum atomic E-state index is 12.1. The maximum absolute atomic E-state index is 12.1. The van der Waals surface area contributed by atoms with E-state index in [1.54, 1.807) is 13.8 Å². The average Bonchev–Trinajstić information content (AvgIpc) is 2.42. The summed E-state index contributed by atoms with van der Waals surface area (Å²) in [6.07, 6.45) is 0. The maximum Gasteiger partial charge on any atom is 0.326 e. The summed E-state index contributed by atoms with van der Waals surface area (Å²) >= 11 is 0. The van der Waals surface area contributed by atoms with Crippen LogP contribution < -0.4 is 5.32 Å². The van der Waals surface area contributed by atoms with Gasteiger partial charge in [-0.15, -0.1) is 0 Å². The van der Waals surface area contributed by atoms with Crippen molar-refractivity contribution in [3.63, 3.8) is 0 Å². The summed E-state index contributed by atoms with van der Waals surface area (Å²) < 4.78 is 0. The largest absolute Gasteiger partial charge is 0.480 e. The number of carbonyl (C=O) groups is 2. The van der Waals surface area contributed by atoms with E-state index in [1.807, 2.05) is 13.8 Å². The highest BCUT2D eigenvalue weighted by molar-refractivity contribution is 5.97. The van der Waals surface area contributed by atoms with Gasteiger partial charge in [-0.05, 0) is 17.9 Å². The zero-order chi connectivity index (χ0) is 17.0. The van der Waals surface area contributed by atoms with Crippen LogP contribution in [0, 0.1) is 16.0 Å². The van der Waals surface area contributed by atoms with Crippen molar-refractivity contribution >= 4 is 17.6 Å². The predicted octanol–water partition coefficient (Wildman–Crippen LogP) is 2.56. The van der Waals surface area contributed by atoms with E-state index in [-0.39, 0.29) is 23.1 Å². The molecule has 22 heavy (non-hydrogen) atoms. The summed E-state index contributed by atoms with van der Waals surface area (Å²) in [7, 11) is 0. The summed E-state index contributed by atoms with van der Waals surface area (Å²) in [4.78, 5) is 33.8. The fraction of sp³-hybridized carbons (Fsp3) is 0.467. The topological polar surface area (TPSA) is 110 Å². The number of aliphatic carboxylic acids is 1. The highest BCUT2D eigenvalue weighted by Crippen LogP contribution is 2.27. The van der Waals surface area contributed by atoms with Crippen LogP contribution in [0.3, 0.4) is 0 Å². The van der Waals surface area contributed by atoms with Crippen LogP contribution in [0.1, 0.15) is 49.5 Å². The van der Waals surface area contributed by atoms with Gasteiger partial charge in [-0.25, -0.2) is 4.79 Å². The summed E-state index contributed by atoms with van der Waals surface area (Å²) in [6.45, 7) is 6.98. The molecule has 1 rings (SSSR count). The van der Waals surface area contributed by atoms with E-state index in [2.05, 4.69) is 5.32 Å². The molecular formula is C15H20N2O5. The first-order valence-electron chi connectivity index (χ1n) is 6.97. The predicted molar refractivity (Wildman–Crippen MR) is 80.9 cm³/mol. The number of nitrogens with one attached hydrogen (secondary N) is 1. The SMILES string of the molecule is CC(C)c1ccc(C(=O)N[C@@H](C(=O)O)C(C)C)cc1[N+](=O)[O-].